The highest BCUT2D eigenvalue weighted by molar-refractivity contribution is 14.0. The second-order valence-electron chi connectivity index (χ2n) is 4.40. The first-order valence-electron chi connectivity index (χ1n) is 6.17. The van der Waals surface area contributed by atoms with Crippen molar-refractivity contribution in [3.63, 3.8) is 0 Å². The van der Waals surface area contributed by atoms with Crippen LogP contribution in [0.3, 0.4) is 0 Å². The highest BCUT2D eigenvalue weighted by atomic mass is 127. The molecule has 2 aromatic rings. The maximum absolute atomic E-state index is 5.70. The molecule has 0 aliphatic rings. The molecule has 20 heavy (non-hydrogen) atoms. The molecule has 0 saturated carbocycles. The van der Waals surface area contributed by atoms with E-state index in [4.69, 9.17) is 10.2 Å². The monoisotopic (exact) mass is 390 g/mol. The molecule has 0 aliphatic heterocycles. The van der Waals surface area contributed by atoms with Gasteiger partial charge in [0.05, 0.1) is 6.26 Å². The first-order valence-corrected chi connectivity index (χ1v) is 6.17. The number of aromatic amines is 1. The van der Waals surface area contributed by atoms with Crippen molar-refractivity contribution >= 4 is 29.9 Å². The van der Waals surface area contributed by atoms with Gasteiger partial charge in [0.1, 0.15) is 5.82 Å². The molecule has 110 valence electrons. The fourth-order valence-corrected chi connectivity index (χ4v) is 1.55. The molecule has 0 aromatic carbocycles. The Bertz CT molecular complexity index is 534. The minimum Gasteiger partial charge on any atom is -0.461 e. The van der Waals surface area contributed by atoms with E-state index < -0.39 is 0 Å². The smallest absolute Gasteiger partial charge is 0.216 e. The third-order valence-corrected chi connectivity index (χ3v) is 2.34. The summed E-state index contributed by atoms with van der Waals surface area (Å²) in [5.74, 6) is 2.40. The number of nitrogens with two attached hydrogens (primary N) is 1. The van der Waals surface area contributed by atoms with Crippen molar-refractivity contribution in [2.24, 2.45) is 10.7 Å². The number of aliphatic imine (C=N–C) groups is 1. The van der Waals surface area contributed by atoms with Crippen LogP contribution < -0.4 is 11.1 Å². The molecule has 2 aromatic heterocycles. The van der Waals surface area contributed by atoms with Gasteiger partial charge in [-0.2, -0.15) is 5.10 Å². The van der Waals surface area contributed by atoms with Gasteiger partial charge in [0.2, 0.25) is 5.82 Å². The molecule has 2 rings (SSSR count). The van der Waals surface area contributed by atoms with Crippen LogP contribution in [0.5, 0.6) is 0 Å². The fourth-order valence-electron chi connectivity index (χ4n) is 1.55. The van der Waals surface area contributed by atoms with E-state index in [2.05, 4.69) is 25.5 Å². The number of halogens is 1. The first kappa shape index (κ1) is 16.5. The fraction of sp³-hybridized carbons (Fsp3) is 0.417. The normalized spacial score (nSPS) is 11.4. The van der Waals surface area contributed by atoms with Crippen LogP contribution in [0.15, 0.2) is 27.8 Å². The van der Waals surface area contributed by atoms with Crippen molar-refractivity contribution < 1.29 is 4.42 Å². The lowest BCUT2D eigenvalue weighted by Crippen LogP contribution is -2.36. The molecule has 7 nitrogen and oxygen atoms in total. The van der Waals surface area contributed by atoms with Gasteiger partial charge in [0.15, 0.2) is 11.7 Å². The zero-order valence-corrected chi connectivity index (χ0v) is 13.8. The predicted octanol–water partition coefficient (Wildman–Crippen LogP) is 1.54. The van der Waals surface area contributed by atoms with Crippen LogP contribution in [0.25, 0.3) is 11.6 Å². The Morgan fingerprint density at radius 3 is 3.00 bits per heavy atom. The summed E-state index contributed by atoms with van der Waals surface area (Å²) in [5.41, 5.74) is 5.70. The maximum Gasteiger partial charge on any atom is 0.216 e. The standard InChI is InChI=1S/C12H18N6O.HI/c1-8(2)15-12(13)14-6-5-10-16-11(18-17-10)9-4-3-7-19-9;/h3-4,7-8H,5-6H2,1-2H3,(H3,13,14,15)(H,16,17,18);1H. The molecule has 4 N–H and O–H groups in total. The van der Waals surface area contributed by atoms with Crippen LogP contribution in [0.2, 0.25) is 0 Å². The Labute approximate surface area is 134 Å². The van der Waals surface area contributed by atoms with Crippen molar-refractivity contribution in [2.45, 2.75) is 26.3 Å². The van der Waals surface area contributed by atoms with Crippen LogP contribution in [-0.2, 0) is 6.42 Å². The van der Waals surface area contributed by atoms with Crippen LogP contribution in [0.1, 0.15) is 19.7 Å². The largest absolute Gasteiger partial charge is 0.461 e. The van der Waals surface area contributed by atoms with Crippen LogP contribution in [0.4, 0.5) is 0 Å². The summed E-state index contributed by atoms with van der Waals surface area (Å²) in [7, 11) is 0. The third-order valence-electron chi connectivity index (χ3n) is 2.34. The van der Waals surface area contributed by atoms with E-state index in [1.807, 2.05) is 19.9 Å². The predicted molar refractivity (Wildman–Crippen MR) is 88.0 cm³/mol. The lowest BCUT2D eigenvalue weighted by Gasteiger charge is -2.07. The SMILES string of the molecule is CC(C)NC(N)=NCCc1nc(-c2ccco2)n[nH]1.I. The lowest BCUT2D eigenvalue weighted by molar-refractivity contribution is 0.577. The minimum absolute atomic E-state index is 0. The molecule has 0 atom stereocenters. The molecule has 0 unspecified atom stereocenters. The van der Waals surface area contributed by atoms with E-state index in [0.717, 1.165) is 5.82 Å². The van der Waals surface area contributed by atoms with Crippen molar-refractivity contribution in [3.05, 3.63) is 24.2 Å². The summed E-state index contributed by atoms with van der Waals surface area (Å²) < 4.78 is 5.22. The van der Waals surface area contributed by atoms with Gasteiger partial charge in [0.25, 0.3) is 0 Å². The highest BCUT2D eigenvalue weighted by Crippen LogP contribution is 2.14. The Morgan fingerprint density at radius 2 is 2.35 bits per heavy atom. The number of nitrogens with zero attached hydrogens (tertiary/aromatic N) is 3. The Morgan fingerprint density at radius 1 is 1.55 bits per heavy atom. The van der Waals surface area contributed by atoms with Gasteiger partial charge < -0.3 is 15.5 Å². The Kier molecular flexibility index (Phi) is 6.49. The average molecular weight is 390 g/mol. The molecule has 0 radical (unpaired) electrons. The molecule has 0 bridgehead atoms. The summed E-state index contributed by atoms with van der Waals surface area (Å²) in [6, 6.07) is 3.89. The molecule has 0 amide bonds. The van der Waals surface area contributed by atoms with Gasteiger partial charge >= 0.3 is 0 Å². The topological polar surface area (TPSA) is 105 Å². The van der Waals surface area contributed by atoms with Gasteiger partial charge in [0, 0.05) is 19.0 Å². The molecule has 0 spiro atoms. The maximum atomic E-state index is 5.70. The van der Waals surface area contributed by atoms with E-state index >= 15 is 0 Å². The zero-order valence-electron chi connectivity index (χ0n) is 11.5. The van der Waals surface area contributed by atoms with E-state index in [-0.39, 0.29) is 30.0 Å². The molecule has 2 heterocycles. The van der Waals surface area contributed by atoms with Crippen molar-refractivity contribution in [1.82, 2.24) is 20.5 Å². The van der Waals surface area contributed by atoms with Crippen LogP contribution in [-0.4, -0.2) is 33.7 Å². The van der Waals surface area contributed by atoms with Gasteiger partial charge in [-0.05, 0) is 26.0 Å². The van der Waals surface area contributed by atoms with E-state index in [9.17, 15) is 0 Å². The number of hydrogen-bond donors (Lipinski definition) is 3. The second-order valence-corrected chi connectivity index (χ2v) is 4.40. The number of aromatic nitrogens is 3. The highest BCUT2D eigenvalue weighted by Gasteiger charge is 2.07. The van der Waals surface area contributed by atoms with Gasteiger partial charge in [-0.3, -0.25) is 10.1 Å². The second kappa shape index (κ2) is 7.88. The summed E-state index contributed by atoms with van der Waals surface area (Å²) in [6.45, 7) is 4.57. The van der Waals surface area contributed by atoms with E-state index in [0.29, 0.717) is 30.5 Å². The summed E-state index contributed by atoms with van der Waals surface area (Å²) >= 11 is 0. The zero-order chi connectivity index (χ0) is 13.7. The molecular weight excluding hydrogens is 371 g/mol. The Hall–Kier alpha value is -1.58. The molecule has 0 saturated heterocycles. The summed E-state index contributed by atoms with van der Waals surface area (Å²) in [4.78, 5) is 8.52. The van der Waals surface area contributed by atoms with Crippen LogP contribution in [0, 0.1) is 0 Å². The first-order chi connectivity index (χ1) is 9.15. The van der Waals surface area contributed by atoms with Gasteiger partial charge in [-0.1, -0.05) is 0 Å². The number of hydrogen-bond acceptors (Lipinski definition) is 4. The molecule has 0 aliphatic carbocycles. The van der Waals surface area contributed by atoms with Gasteiger partial charge in [-0.25, -0.2) is 4.98 Å². The molecule has 0 fully saturated rings. The minimum atomic E-state index is 0. The van der Waals surface area contributed by atoms with Crippen molar-refractivity contribution in [1.29, 1.82) is 0 Å². The number of furan rings is 1. The number of H-pyrrole nitrogens is 1. The number of nitrogens with one attached hydrogen (secondary N) is 2. The quantitative estimate of drug-likeness (QED) is 0.408. The molecule has 8 heteroatoms. The van der Waals surface area contributed by atoms with Crippen molar-refractivity contribution in [3.8, 4) is 11.6 Å². The summed E-state index contributed by atoms with van der Waals surface area (Å²) in [6.07, 6.45) is 2.24. The van der Waals surface area contributed by atoms with E-state index in [1.54, 1.807) is 12.3 Å². The van der Waals surface area contributed by atoms with E-state index in [1.165, 1.54) is 0 Å². The van der Waals surface area contributed by atoms with Crippen molar-refractivity contribution in [2.75, 3.05) is 6.54 Å². The molecular formula is C12H19IN6O. The lowest BCUT2D eigenvalue weighted by atomic mass is 10.4. The number of guanidine groups is 1. The van der Waals surface area contributed by atoms with Crippen LogP contribution >= 0.6 is 24.0 Å². The Balaban J connectivity index is 0.00000200. The average Bonchev–Trinajstić information content (AvgIpc) is 2.97. The summed E-state index contributed by atoms with van der Waals surface area (Å²) in [5, 5.41) is 9.96. The third kappa shape index (κ3) is 4.83. The van der Waals surface area contributed by atoms with Gasteiger partial charge in [-0.15, -0.1) is 24.0 Å². The number of rotatable bonds is 5.